The van der Waals surface area contributed by atoms with Gasteiger partial charge in [0.1, 0.15) is 0 Å². The SMILES string of the molecule is CC[C@@H](C)OC(=O)Cc1cc(C)ccc1N. The van der Waals surface area contributed by atoms with Crippen LogP contribution >= 0.6 is 0 Å². The van der Waals surface area contributed by atoms with Gasteiger partial charge >= 0.3 is 5.97 Å². The fraction of sp³-hybridized carbons (Fsp3) is 0.462. The maximum atomic E-state index is 11.6. The van der Waals surface area contributed by atoms with Crippen molar-refractivity contribution in [2.45, 2.75) is 39.7 Å². The number of ether oxygens (including phenoxy) is 1. The second-order valence-electron chi connectivity index (χ2n) is 4.09. The van der Waals surface area contributed by atoms with E-state index < -0.39 is 0 Å². The third-order valence-electron chi connectivity index (χ3n) is 2.54. The van der Waals surface area contributed by atoms with Crippen LogP contribution in [0, 0.1) is 6.92 Å². The highest BCUT2D eigenvalue weighted by atomic mass is 16.5. The Morgan fingerprint density at radius 3 is 2.81 bits per heavy atom. The third kappa shape index (κ3) is 3.57. The highest BCUT2D eigenvalue weighted by Crippen LogP contribution is 2.15. The normalized spacial score (nSPS) is 12.2. The molecule has 0 saturated heterocycles. The molecule has 0 fully saturated rings. The molecule has 16 heavy (non-hydrogen) atoms. The molecule has 0 unspecified atom stereocenters. The van der Waals surface area contributed by atoms with Crippen molar-refractivity contribution in [3.05, 3.63) is 29.3 Å². The molecule has 2 N–H and O–H groups in total. The second-order valence-corrected chi connectivity index (χ2v) is 4.09. The Morgan fingerprint density at radius 1 is 1.50 bits per heavy atom. The summed E-state index contributed by atoms with van der Waals surface area (Å²) in [6, 6.07) is 5.67. The summed E-state index contributed by atoms with van der Waals surface area (Å²) in [6.07, 6.45) is 1.05. The first kappa shape index (κ1) is 12.6. The van der Waals surface area contributed by atoms with Crippen molar-refractivity contribution in [1.29, 1.82) is 0 Å². The molecule has 1 rings (SSSR count). The second kappa shape index (κ2) is 5.54. The Labute approximate surface area is 96.6 Å². The van der Waals surface area contributed by atoms with Gasteiger partial charge in [0.25, 0.3) is 0 Å². The molecule has 88 valence electrons. The molecule has 0 amide bonds. The van der Waals surface area contributed by atoms with Crippen molar-refractivity contribution >= 4 is 11.7 Å². The van der Waals surface area contributed by atoms with E-state index in [1.807, 2.05) is 39.0 Å². The molecule has 0 aliphatic heterocycles. The van der Waals surface area contributed by atoms with Crippen LogP contribution in [-0.4, -0.2) is 12.1 Å². The summed E-state index contributed by atoms with van der Waals surface area (Å²) >= 11 is 0. The number of hydrogen-bond donors (Lipinski definition) is 1. The Kier molecular flexibility index (Phi) is 4.35. The topological polar surface area (TPSA) is 52.3 Å². The van der Waals surface area contributed by atoms with Crippen molar-refractivity contribution in [2.24, 2.45) is 0 Å². The van der Waals surface area contributed by atoms with E-state index in [1.54, 1.807) is 0 Å². The van der Waals surface area contributed by atoms with E-state index in [0.29, 0.717) is 5.69 Å². The zero-order chi connectivity index (χ0) is 12.1. The van der Waals surface area contributed by atoms with Gasteiger partial charge in [-0.25, -0.2) is 0 Å². The first-order valence-electron chi connectivity index (χ1n) is 5.57. The van der Waals surface area contributed by atoms with Crippen molar-refractivity contribution < 1.29 is 9.53 Å². The predicted molar refractivity (Wildman–Crippen MR) is 65.1 cm³/mol. The largest absolute Gasteiger partial charge is 0.462 e. The van der Waals surface area contributed by atoms with Crippen molar-refractivity contribution in [1.82, 2.24) is 0 Å². The van der Waals surface area contributed by atoms with Crippen LogP contribution in [-0.2, 0) is 16.0 Å². The third-order valence-corrected chi connectivity index (χ3v) is 2.54. The van der Waals surface area contributed by atoms with Crippen LogP contribution in [0.3, 0.4) is 0 Å². The Balaban J connectivity index is 2.65. The maximum absolute atomic E-state index is 11.6. The van der Waals surface area contributed by atoms with Gasteiger partial charge < -0.3 is 10.5 Å². The minimum absolute atomic E-state index is 0.0291. The standard InChI is InChI=1S/C13H19NO2/c1-4-10(3)16-13(15)8-11-7-9(2)5-6-12(11)14/h5-7,10H,4,8,14H2,1-3H3/t10-/m1/s1. The molecular weight excluding hydrogens is 202 g/mol. The summed E-state index contributed by atoms with van der Waals surface area (Å²) < 4.78 is 5.20. The van der Waals surface area contributed by atoms with E-state index in [-0.39, 0.29) is 18.5 Å². The van der Waals surface area contributed by atoms with Crippen molar-refractivity contribution in [3.63, 3.8) is 0 Å². The summed E-state index contributed by atoms with van der Waals surface area (Å²) in [6.45, 7) is 5.85. The fourth-order valence-electron chi connectivity index (χ4n) is 1.39. The molecule has 0 spiro atoms. The number of carbonyl (C=O) groups is 1. The highest BCUT2D eigenvalue weighted by molar-refractivity contribution is 5.75. The van der Waals surface area contributed by atoms with Gasteiger partial charge in [-0.2, -0.15) is 0 Å². The van der Waals surface area contributed by atoms with Gasteiger partial charge in [-0.1, -0.05) is 24.6 Å². The molecule has 0 aliphatic rings. The molecule has 0 bridgehead atoms. The summed E-state index contributed by atoms with van der Waals surface area (Å²) in [4.78, 5) is 11.6. The van der Waals surface area contributed by atoms with E-state index in [1.165, 1.54) is 0 Å². The molecule has 0 saturated carbocycles. The molecular formula is C13H19NO2. The average molecular weight is 221 g/mol. The van der Waals surface area contributed by atoms with Crippen molar-refractivity contribution in [2.75, 3.05) is 5.73 Å². The predicted octanol–water partition coefficient (Wildman–Crippen LogP) is 2.46. The first-order valence-corrected chi connectivity index (χ1v) is 5.57. The number of hydrogen-bond acceptors (Lipinski definition) is 3. The molecule has 1 aromatic carbocycles. The van der Waals surface area contributed by atoms with Crippen molar-refractivity contribution in [3.8, 4) is 0 Å². The molecule has 3 nitrogen and oxygen atoms in total. The zero-order valence-corrected chi connectivity index (χ0v) is 10.1. The van der Waals surface area contributed by atoms with Crippen LogP contribution in [0.4, 0.5) is 5.69 Å². The lowest BCUT2D eigenvalue weighted by atomic mass is 10.1. The molecule has 0 heterocycles. The van der Waals surface area contributed by atoms with E-state index in [2.05, 4.69) is 0 Å². The zero-order valence-electron chi connectivity index (χ0n) is 10.1. The average Bonchev–Trinajstić information content (AvgIpc) is 2.23. The number of nitrogen functional groups attached to an aromatic ring is 1. The van der Waals surface area contributed by atoms with E-state index >= 15 is 0 Å². The Morgan fingerprint density at radius 2 is 2.19 bits per heavy atom. The van der Waals surface area contributed by atoms with Crippen LogP contribution in [0.25, 0.3) is 0 Å². The monoisotopic (exact) mass is 221 g/mol. The fourth-order valence-corrected chi connectivity index (χ4v) is 1.39. The number of carbonyl (C=O) groups excluding carboxylic acids is 1. The first-order chi connectivity index (χ1) is 7.52. The summed E-state index contributed by atoms with van der Waals surface area (Å²) in [7, 11) is 0. The van der Waals surface area contributed by atoms with E-state index in [4.69, 9.17) is 10.5 Å². The maximum Gasteiger partial charge on any atom is 0.310 e. The molecule has 1 aromatic rings. The summed E-state index contributed by atoms with van der Waals surface area (Å²) in [5.41, 5.74) is 8.38. The number of nitrogens with two attached hydrogens (primary N) is 1. The quantitative estimate of drug-likeness (QED) is 0.627. The number of anilines is 1. The van der Waals surface area contributed by atoms with Gasteiger partial charge in [0.2, 0.25) is 0 Å². The number of aryl methyl sites for hydroxylation is 1. The lowest BCUT2D eigenvalue weighted by Crippen LogP contribution is -2.16. The van der Waals surface area contributed by atoms with Crippen LogP contribution in [0.5, 0.6) is 0 Å². The van der Waals surface area contributed by atoms with Gasteiger partial charge in [0.15, 0.2) is 0 Å². The smallest absolute Gasteiger partial charge is 0.310 e. The Bertz CT molecular complexity index is 374. The number of rotatable bonds is 4. The molecule has 3 heteroatoms. The van der Waals surface area contributed by atoms with Gasteiger partial charge in [-0.05, 0) is 31.9 Å². The van der Waals surface area contributed by atoms with Gasteiger partial charge in [0, 0.05) is 5.69 Å². The summed E-state index contributed by atoms with van der Waals surface area (Å²) in [5, 5.41) is 0. The molecule has 0 radical (unpaired) electrons. The number of esters is 1. The van der Waals surface area contributed by atoms with Crippen LogP contribution < -0.4 is 5.73 Å². The minimum Gasteiger partial charge on any atom is -0.462 e. The Hall–Kier alpha value is -1.51. The lowest BCUT2D eigenvalue weighted by molar-refractivity contribution is -0.147. The number of benzene rings is 1. The van der Waals surface area contributed by atoms with Gasteiger partial charge in [-0.15, -0.1) is 0 Å². The van der Waals surface area contributed by atoms with E-state index in [0.717, 1.165) is 17.5 Å². The van der Waals surface area contributed by atoms with E-state index in [9.17, 15) is 4.79 Å². The molecule has 0 aliphatic carbocycles. The van der Waals surface area contributed by atoms with Crippen LogP contribution in [0.1, 0.15) is 31.4 Å². The molecule has 1 atom stereocenters. The summed E-state index contributed by atoms with van der Waals surface area (Å²) in [5.74, 6) is -0.216. The molecule has 0 aromatic heterocycles. The van der Waals surface area contributed by atoms with Crippen LogP contribution in [0.2, 0.25) is 0 Å². The van der Waals surface area contributed by atoms with Gasteiger partial charge in [0.05, 0.1) is 12.5 Å². The minimum atomic E-state index is -0.216. The van der Waals surface area contributed by atoms with Gasteiger partial charge in [-0.3, -0.25) is 4.79 Å². The van der Waals surface area contributed by atoms with Crippen LogP contribution in [0.15, 0.2) is 18.2 Å². The lowest BCUT2D eigenvalue weighted by Gasteiger charge is -2.11. The highest BCUT2D eigenvalue weighted by Gasteiger charge is 2.10.